The minimum atomic E-state index is -0.547. The Kier molecular flexibility index (Phi) is 6.21. The Hall–Kier alpha value is -3.84. The van der Waals surface area contributed by atoms with Gasteiger partial charge in [-0.05, 0) is 37.6 Å². The average Bonchev–Trinajstić information content (AvgIpc) is 3.34. The second-order valence-electron chi connectivity index (χ2n) is 8.08. The maximum Gasteiger partial charge on any atom is 0.376 e. The van der Waals surface area contributed by atoms with Gasteiger partial charge in [0.25, 0.3) is 0 Å². The number of carbonyl (C=O) groups is 1. The summed E-state index contributed by atoms with van der Waals surface area (Å²) in [7, 11) is 0. The van der Waals surface area contributed by atoms with E-state index in [-0.39, 0.29) is 12.4 Å². The maximum atomic E-state index is 12.7. The molecular weight excluding hydrogens is 414 g/mol. The summed E-state index contributed by atoms with van der Waals surface area (Å²) in [5.41, 5.74) is 5.38. The van der Waals surface area contributed by atoms with Gasteiger partial charge >= 0.3 is 5.97 Å². The van der Waals surface area contributed by atoms with Crippen LogP contribution in [0.5, 0.6) is 0 Å². The Morgan fingerprint density at radius 3 is 2.45 bits per heavy atom. The first-order valence-electron chi connectivity index (χ1n) is 11.2. The van der Waals surface area contributed by atoms with Crippen LogP contribution in [0.4, 0.5) is 0 Å². The molecule has 0 spiro atoms. The fourth-order valence-corrected chi connectivity index (χ4v) is 4.21. The van der Waals surface area contributed by atoms with E-state index in [0.29, 0.717) is 11.6 Å². The molecule has 3 heterocycles. The van der Waals surface area contributed by atoms with Crippen molar-refractivity contribution in [2.75, 3.05) is 13.1 Å². The van der Waals surface area contributed by atoms with Crippen LogP contribution >= 0.6 is 0 Å². The molecular formula is C26H25N5O2. The van der Waals surface area contributed by atoms with E-state index in [0.717, 1.165) is 54.0 Å². The van der Waals surface area contributed by atoms with Gasteiger partial charge < -0.3 is 10.1 Å². The van der Waals surface area contributed by atoms with Gasteiger partial charge in [-0.25, -0.2) is 14.8 Å². The lowest BCUT2D eigenvalue weighted by molar-refractivity contribution is 0.0458. The number of aromatic nitrogens is 4. The van der Waals surface area contributed by atoms with Gasteiger partial charge in [0.05, 0.1) is 5.69 Å². The second-order valence-corrected chi connectivity index (χ2v) is 8.08. The van der Waals surface area contributed by atoms with E-state index in [9.17, 15) is 4.79 Å². The fourth-order valence-electron chi connectivity index (χ4n) is 4.21. The summed E-state index contributed by atoms with van der Waals surface area (Å²) >= 11 is 0. The summed E-state index contributed by atoms with van der Waals surface area (Å²) in [4.78, 5) is 21.5. The standard InChI is InChI=1S/C26H25N5O2/c32-26(33-17-18-7-3-1-4-8-18)25-28-16-13-21(29-25)22-23(19-9-5-2-6-10-19)30-31-24(22)20-11-14-27-15-12-20/h1-10,13,16,20,27H,11-12,14-15,17H2,(H,30,31). The number of esters is 1. The summed E-state index contributed by atoms with van der Waals surface area (Å²) in [5, 5.41) is 11.4. The summed E-state index contributed by atoms with van der Waals surface area (Å²) in [5.74, 6) is -0.163. The first-order chi connectivity index (χ1) is 16.3. The Morgan fingerprint density at radius 2 is 1.70 bits per heavy atom. The molecule has 2 aromatic heterocycles. The molecule has 0 bridgehead atoms. The van der Waals surface area contributed by atoms with Gasteiger partial charge in [0.1, 0.15) is 12.3 Å². The first-order valence-corrected chi connectivity index (χ1v) is 11.2. The van der Waals surface area contributed by atoms with E-state index >= 15 is 0 Å². The Morgan fingerprint density at radius 1 is 0.970 bits per heavy atom. The zero-order chi connectivity index (χ0) is 22.5. The lowest BCUT2D eigenvalue weighted by atomic mass is 9.89. The third kappa shape index (κ3) is 4.68. The monoisotopic (exact) mass is 439 g/mol. The predicted molar refractivity (Wildman–Crippen MR) is 125 cm³/mol. The van der Waals surface area contributed by atoms with E-state index in [2.05, 4.69) is 25.5 Å². The van der Waals surface area contributed by atoms with Crippen molar-refractivity contribution in [3.63, 3.8) is 0 Å². The molecule has 33 heavy (non-hydrogen) atoms. The molecule has 0 saturated carbocycles. The van der Waals surface area contributed by atoms with Gasteiger partial charge in [-0.3, -0.25) is 5.10 Å². The van der Waals surface area contributed by atoms with Crippen molar-refractivity contribution in [2.45, 2.75) is 25.4 Å². The second kappa shape index (κ2) is 9.75. The highest BCUT2D eigenvalue weighted by molar-refractivity contribution is 5.87. The van der Waals surface area contributed by atoms with Gasteiger partial charge in [0.2, 0.25) is 5.82 Å². The molecule has 0 unspecified atom stereocenters. The van der Waals surface area contributed by atoms with E-state index < -0.39 is 5.97 Å². The van der Waals surface area contributed by atoms with Crippen LogP contribution < -0.4 is 5.32 Å². The van der Waals surface area contributed by atoms with Crippen LogP contribution in [-0.2, 0) is 11.3 Å². The summed E-state index contributed by atoms with van der Waals surface area (Å²) < 4.78 is 5.45. The van der Waals surface area contributed by atoms with Crippen molar-refractivity contribution in [1.29, 1.82) is 0 Å². The average molecular weight is 440 g/mol. The molecule has 1 aliphatic heterocycles. The molecule has 1 saturated heterocycles. The third-order valence-corrected chi connectivity index (χ3v) is 5.90. The zero-order valence-corrected chi connectivity index (χ0v) is 18.2. The van der Waals surface area contributed by atoms with E-state index in [4.69, 9.17) is 4.74 Å². The van der Waals surface area contributed by atoms with Crippen LogP contribution in [0.3, 0.4) is 0 Å². The number of piperidine rings is 1. The van der Waals surface area contributed by atoms with Crippen LogP contribution in [0, 0.1) is 0 Å². The largest absolute Gasteiger partial charge is 0.455 e. The summed E-state index contributed by atoms with van der Waals surface area (Å²) in [6, 6.07) is 21.4. The number of benzene rings is 2. The molecule has 5 rings (SSSR count). The van der Waals surface area contributed by atoms with Crippen LogP contribution in [0.15, 0.2) is 72.9 Å². The SMILES string of the molecule is O=C(OCc1ccccc1)c1nccc(-c2c(-c3ccccc3)n[nH]c2C2CCNCC2)n1. The molecule has 0 radical (unpaired) electrons. The van der Waals surface area contributed by atoms with Crippen molar-refractivity contribution in [3.8, 4) is 22.5 Å². The molecule has 0 atom stereocenters. The molecule has 0 amide bonds. The third-order valence-electron chi connectivity index (χ3n) is 5.90. The summed E-state index contributed by atoms with van der Waals surface area (Å²) in [6.07, 6.45) is 3.64. The van der Waals surface area contributed by atoms with Gasteiger partial charge in [-0.15, -0.1) is 0 Å². The fraction of sp³-hybridized carbons (Fsp3) is 0.231. The van der Waals surface area contributed by atoms with Gasteiger partial charge in [-0.1, -0.05) is 60.7 Å². The Balaban J connectivity index is 1.49. The van der Waals surface area contributed by atoms with Crippen LogP contribution in [0.1, 0.15) is 40.6 Å². The van der Waals surface area contributed by atoms with Crippen LogP contribution in [-0.4, -0.2) is 39.2 Å². The molecule has 2 N–H and O–H groups in total. The number of H-pyrrole nitrogens is 1. The van der Waals surface area contributed by atoms with Gasteiger partial charge in [-0.2, -0.15) is 5.10 Å². The van der Waals surface area contributed by atoms with Crippen LogP contribution in [0.25, 0.3) is 22.5 Å². The lowest BCUT2D eigenvalue weighted by Crippen LogP contribution is -2.27. The van der Waals surface area contributed by atoms with E-state index in [1.807, 2.05) is 66.7 Å². The van der Waals surface area contributed by atoms with Crippen molar-refractivity contribution < 1.29 is 9.53 Å². The zero-order valence-electron chi connectivity index (χ0n) is 18.2. The molecule has 2 aromatic carbocycles. The highest BCUT2D eigenvalue weighted by Crippen LogP contribution is 2.38. The van der Waals surface area contributed by atoms with Gasteiger partial charge in [0.15, 0.2) is 0 Å². The van der Waals surface area contributed by atoms with Crippen molar-refractivity contribution in [3.05, 3.63) is 90.0 Å². The number of rotatable bonds is 6. The Bertz CT molecular complexity index is 1220. The Labute approximate surface area is 192 Å². The molecule has 1 fully saturated rings. The number of ether oxygens (including phenoxy) is 1. The van der Waals surface area contributed by atoms with Crippen molar-refractivity contribution in [1.82, 2.24) is 25.5 Å². The predicted octanol–water partition coefficient (Wildman–Crippen LogP) is 4.36. The topological polar surface area (TPSA) is 92.8 Å². The quantitative estimate of drug-likeness (QED) is 0.434. The highest BCUT2D eigenvalue weighted by atomic mass is 16.5. The number of carbonyl (C=O) groups excluding carboxylic acids is 1. The van der Waals surface area contributed by atoms with Crippen LogP contribution in [0.2, 0.25) is 0 Å². The smallest absolute Gasteiger partial charge is 0.376 e. The van der Waals surface area contributed by atoms with E-state index in [1.165, 1.54) is 0 Å². The number of nitrogens with zero attached hydrogens (tertiary/aromatic N) is 3. The minimum absolute atomic E-state index is 0.0416. The molecule has 0 aliphatic carbocycles. The highest BCUT2D eigenvalue weighted by Gasteiger charge is 2.26. The molecule has 166 valence electrons. The van der Waals surface area contributed by atoms with Crippen molar-refractivity contribution >= 4 is 5.97 Å². The number of aromatic amines is 1. The maximum absolute atomic E-state index is 12.7. The van der Waals surface area contributed by atoms with Gasteiger partial charge in [0, 0.05) is 28.9 Å². The molecule has 1 aliphatic rings. The van der Waals surface area contributed by atoms with E-state index in [1.54, 1.807) is 6.20 Å². The normalized spacial score (nSPS) is 14.2. The minimum Gasteiger partial charge on any atom is -0.455 e. The molecule has 7 heteroatoms. The number of hydrogen-bond donors (Lipinski definition) is 2. The van der Waals surface area contributed by atoms with Crippen molar-refractivity contribution in [2.24, 2.45) is 0 Å². The number of nitrogens with one attached hydrogen (secondary N) is 2. The molecule has 4 aromatic rings. The number of hydrogen-bond acceptors (Lipinski definition) is 6. The summed E-state index contributed by atoms with van der Waals surface area (Å²) in [6.45, 7) is 2.10. The molecule has 7 nitrogen and oxygen atoms in total. The lowest BCUT2D eigenvalue weighted by Gasteiger charge is -2.22. The first kappa shape index (κ1) is 21.0.